The van der Waals surface area contributed by atoms with E-state index < -0.39 is 0 Å². The molecule has 94 valence electrons. The van der Waals surface area contributed by atoms with Crippen molar-refractivity contribution in [2.24, 2.45) is 5.73 Å². The lowest BCUT2D eigenvalue weighted by Crippen LogP contribution is -2.46. The van der Waals surface area contributed by atoms with Crippen molar-refractivity contribution in [3.63, 3.8) is 0 Å². The Hall–Kier alpha value is -0.980. The largest absolute Gasteiger partial charge is 0.369 e. The van der Waals surface area contributed by atoms with Crippen LogP contribution in [-0.2, 0) is 11.3 Å². The predicted molar refractivity (Wildman–Crippen MR) is 67.6 cm³/mol. The SMILES string of the molecule is NC(=O)CN(Cc1cscn1)C1CCNCC1. The van der Waals surface area contributed by atoms with Gasteiger partial charge in [-0.3, -0.25) is 9.69 Å². The number of thiazole rings is 1. The summed E-state index contributed by atoms with van der Waals surface area (Å²) in [6, 6.07) is 0.436. The van der Waals surface area contributed by atoms with Crippen molar-refractivity contribution in [3.8, 4) is 0 Å². The van der Waals surface area contributed by atoms with Gasteiger partial charge in [0.05, 0.1) is 17.7 Å². The molecule has 1 aliphatic rings. The first kappa shape index (κ1) is 12.5. The fourth-order valence-electron chi connectivity index (χ4n) is 2.21. The summed E-state index contributed by atoms with van der Waals surface area (Å²) in [6.45, 7) is 3.06. The maximum Gasteiger partial charge on any atom is 0.231 e. The third-order valence-corrected chi connectivity index (χ3v) is 3.67. The van der Waals surface area contributed by atoms with Gasteiger partial charge in [0.25, 0.3) is 0 Å². The van der Waals surface area contributed by atoms with Crippen LogP contribution < -0.4 is 11.1 Å². The van der Waals surface area contributed by atoms with Gasteiger partial charge in [-0.2, -0.15) is 0 Å². The lowest BCUT2D eigenvalue weighted by Gasteiger charge is -2.33. The highest BCUT2D eigenvalue weighted by Crippen LogP contribution is 2.15. The molecule has 0 aliphatic carbocycles. The van der Waals surface area contributed by atoms with Crippen LogP contribution in [0.4, 0.5) is 0 Å². The first-order valence-corrected chi connectivity index (χ1v) is 6.80. The Morgan fingerprint density at radius 2 is 2.35 bits per heavy atom. The van der Waals surface area contributed by atoms with Crippen molar-refractivity contribution in [1.29, 1.82) is 0 Å². The van der Waals surface area contributed by atoms with Gasteiger partial charge in [0.15, 0.2) is 0 Å². The van der Waals surface area contributed by atoms with Crippen LogP contribution in [0.15, 0.2) is 10.9 Å². The Bertz CT molecular complexity index is 348. The molecule has 3 N–H and O–H groups in total. The minimum atomic E-state index is -0.265. The number of rotatable bonds is 5. The number of piperidine rings is 1. The van der Waals surface area contributed by atoms with Crippen molar-refractivity contribution < 1.29 is 4.79 Å². The number of nitrogens with zero attached hydrogens (tertiary/aromatic N) is 2. The van der Waals surface area contributed by atoms with Crippen LogP contribution in [0.2, 0.25) is 0 Å². The third kappa shape index (κ3) is 3.76. The fourth-order valence-corrected chi connectivity index (χ4v) is 2.76. The highest BCUT2D eigenvalue weighted by Gasteiger charge is 2.22. The molecular formula is C11H18N4OS. The number of nitrogens with one attached hydrogen (secondary N) is 1. The number of carbonyl (C=O) groups excluding carboxylic acids is 1. The van der Waals surface area contributed by atoms with E-state index in [1.54, 1.807) is 11.3 Å². The van der Waals surface area contributed by atoms with Gasteiger partial charge in [-0.1, -0.05) is 0 Å². The van der Waals surface area contributed by atoms with E-state index in [0.29, 0.717) is 12.6 Å². The van der Waals surface area contributed by atoms with E-state index in [0.717, 1.165) is 38.2 Å². The molecular weight excluding hydrogens is 236 g/mol. The van der Waals surface area contributed by atoms with Crippen molar-refractivity contribution in [3.05, 3.63) is 16.6 Å². The molecule has 1 amide bonds. The lowest BCUT2D eigenvalue weighted by atomic mass is 10.0. The van der Waals surface area contributed by atoms with Crippen molar-refractivity contribution in [2.75, 3.05) is 19.6 Å². The summed E-state index contributed by atoms with van der Waals surface area (Å²) in [7, 11) is 0. The Balaban J connectivity index is 1.98. The maximum absolute atomic E-state index is 11.1. The zero-order valence-corrected chi connectivity index (χ0v) is 10.6. The molecule has 1 aromatic heterocycles. The topological polar surface area (TPSA) is 71.2 Å². The van der Waals surface area contributed by atoms with Crippen LogP contribution in [0.3, 0.4) is 0 Å². The van der Waals surface area contributed by atoms with Gasteiger partial charge >= 0.3 is 0 Å². The second-order valence-corrected chi connectivity index (χ2v) is 5.05. The molecule has 17 heavy (non-hydrogen) atoms. The molecule has 0 radical (unpaired) electrons. The molecule has 1 fully saturated rings. The Kier molecular flexibility index (Phi) is 4.47. The lowest BCUT2D eigenvalue weighted by molar-refractivity contribution is -0.120. The molecule has 0 unspecified atom stereocenters. The summed E-state index contributed by atoms with van der Waals surface area (Å²) in [5.74, 6) is -0.265. The van der Waals surface area contributed by atoms with Crippen LogP contribution in [0, 0.1) is 0 Å². The number of amides is 1. The summed E-state index contributed by atoms with van der Waals surface area (Å²) < 4.78 is 0. The number of carbonyl (C=O) groups is 1. The minimum absolute atomic E-state index is 0.265. The predicted octanol–water partition coefficient (Wildman–Crippen LogP) is 0.182. The van der Waals surface area contributed by atoms with Gasteiger partial charge < -0.3 is 11.1 Å². The van der Waals surface area contributed by atoms with E-state index in [9.17, 15) is 4.79 Å². The van der Waals surface area contributed by atoms with Crippen LogP contribution in [0.5, 0.6) is 0 Å². The molecule has 0 saturated carbocycles. The molecule has 2 rings (SSSR count). The van der Waals surface area contributed by atoms with Gasteiger partial charge in [0.1, 0.15) is 0 Å². The van der Waals surface area contributed by atoms with E-state index in [2.05, 4.69) is 15.2 Å². The second-order valence-electron chi connectivity index (χ2n) is 4.33. The maximum atomic E-state index is 11.1. The van der Waals surface area contributed by atoms with E-state index in [4.69, 9.17) is 5.73 Å². The minimum Gasteiger partial charge on any atom is -0.369 e. The van der Waals surface area contributed by atoms with Gasteiger partial charge in [0, 0.05) is 18.0 Å². The van der Waals surface area contributed by atoms with E-state index in [1.165, 1.54) is 0 Å². The molecule has 1 aliphatic heterocycles. The molecule has 1 saturated heterocycles. The van der Waals surface area contributed by atoms with E-state index in [1.807, 2.05) is 10.9 Å². The van der Waals surface area contributed by atoms with Crippen LogP contribution in [0.25, 0.3) is 0 Å². The number of aromatic nitrogens is 1. The van der Waals surface area contributed by atoms with E-state index in [-0.39, 0.29) is 5.91 Å². The zero-order valence-electron chi connectivity index (χ0n) is 9.76. The smallest absolute Gasteiger partial charge is 0.231 e. The Labute approximate surface area is 105 Å². The van der Waals surface area contributed by atoms with Gasteiger partial charge in [-0.15, -0.1) is 11.3 Å². The standard InChI is InChI=1S/C11H18N4OS/c12-11(16)6-15(5-9-7-17-8-14-9)10-1-3-13-4-2-10/h7-8,10,13H,1-6H2,(H2,12,16). The van der Waals surface area contributed by atoms with Crippen LogP contribution in [-0.4, -0.2) is 41.5 Å². The summed E-state index contributed by atoms with van der Waals surface area (Å²) in [4.78, 5) is 17.5. The molecule has 5 nitrogen and oxygen atoms in total. The highest BCUT2D eigenvalue weighted by molar-refractivity contribution is 7.07. The Morgan fingerprint density at radius 3 is 2.94 bits per heavy atom. The van der Waals surface area contributed by atoms with E-state index >= 15 is 0 Å². The average molecular weight is 254 g/mol. The second kappa shape index (κ2) is 6.09. The highest BCUT2D eigenvalue weighted by atomic mass is 32.1. The summed E-state index contributed by atoms with van der Waals surface area (Å²) >= 11 is 1.58. The Morgan fingerprint density at radius 1 is 1.59 bits per heavy atom. The van der Waals surface area contributed by atoms with Gasteiger partial charge in [-0.05, 0) is 25.9 Å². The zero-order chi connectivity index (χ0) is 12.1. The van der Waals surface area contributed by atoms with Crippen molar-refractivity contribution >= 4 is 17.2 Å². The quantitative estimate of drug-likeness (QED) is 0.786. The fraction of sp³-hybridized carbons (Fsp3) is 0.636. The molecule has 6 heteroatoms. The monoisotopic (exact) mass is 254 g/mol. The molecule has 0 atom stereocenters. The van der Waals surface area contributed by atoms with Crippen LogP contribution >= 0.6 is 11.3 Å². The summed E-state index contributed by atoms with van der Waals surface area (Å²) in [5.41, 5.74) is 8.16. The average Bonchev–Trinajstić information content (AvgIpc) is 2.82. The summed E-state index contributed by atoms with van der Waals surface area (Å²) in [5, 5.41) is 5.35. The van der Waals surface area contributed by atoms with Crippen molar-refractivity contribution in [1.82, 2.24) is 15.2 Å². The first-order valence-electron chi connectivity index (χ1n) is 5.86. The number of hydrogen-bond acceptors (Lipinski definition) is 5. The number of hydrogen-bond donors (Lipinski definition) is 2. The molecule has 2 heterocycles. The third-order valence-electron chi connectivity index (χ3n) is 3.03. The van der Waals surface area contributed by atoms with Crippen LogP contribution in [0.1, 0.15) is 18.5 Å². The number of primary amides is 1. The summed E-state index contributed by atoms with van der Waals surface area (Å²) in [6.07, 6.45) is 2.13. The van der Waals surface area contributed by atoms with Crippen molar-refractivity contribution in [2.45, 2.75) is 25.4 Å². The molecule has 0 aromatic carbocycles. The number of nitrogens with two attached hydrogens (primary N) is 1. The molecule has 1 aromatic rings. The normalized spacial score (nSPS) is 17.5. The molecule has 0 bridgehead atoms. The van der Waals surface area contributed by atoms with Gasteiger partial charge in [-0.25, -0.2) is 4.98 Å². The molecule has 0 spiro atoms. The first-order chi connectivity index (χ1) is 8.25. The van der Waals surface area contributed by atoms with Gasteiger partial charge in [0.2, 0.25) is 5.91 Å².